The molecule has 0 atom stereocenters. The Kier molecular flexibility index (Phi) is 4.97. The molecule has 19 heavy (non-hydrogen) atoms. The molecule has 1 aromatic rings. The highest BCUT2D eigenvalue weighted by Gasteiger charge is 2.29. The summed E-state index contributed by atoms with van der Waals surface area (Å²) in [6, 6.07) is 7.06. The zero-order chi connectivity index (χ0) is 14.7. The summed E-state index contributed by atoms with van der Waals surface area (Å²) < 4.78 is 22.3. The van der Waals surface area contributed by atoms with Gasteiger partial charge in [-0.05, 0) is 31.5 Å². The largest absolute Gasteiger partial charge is 0.311 e. The van der Waals surface area contributed by atoms with Crippen LogP contribution in [-0.4, -0.2) is 26.0 Å². The van der Waals surface area contributed by atoms with E-state index in [0.717, 1.165) is 5.56 Å². The van der Waals surface area contributed by atoms with Crippen LogP contribution in [0.5, 0.6) is 0 Å². The lowest BCUT2D eigenvalue weighted by atomic mass is 10.1. The fraction of sp³-hybridized carbons (Fsp3) is 0.462. The van der Waals surface area contributed by atoms with Gasteiger partial charge in [-0.15, -0.1) is 0 Å². The molecule has 1 aromatic carbocycles. The quantitative estimate of drug-likeness (QED) is 0.904. The van der Waals surface area contributed by atoms with Gasteiger partial charge in [0.05, 0.1) is 16.4 Å². The third-order valence-electron chi connectivity index (χ3n) is 3.05. The van der Waals surface area contributed by atoms with Gasteiger partial charge in [0.2, 0.25) is 0 Å². The van der Waals surface area contributed by atoms with Gasteiger partial charge < -0.3 is 5.32 Å². The van der Waals surface area contributed by atoms with Crippen LogP contribution in [0.3, 0.4) is 0 Å². The molecule has 0 heterocycles. The SMILES string of the molecule is CC(C)(CNCc1ccc(C#N)cc1Cl)S(C)(=O)=O. The Labute approximate surface area is 119 Å². The molecule has 1 rings (SSSR count). The van der Waals surface area contributed by atoms with Gasteiger partial charge in [-0.3, -0.25) is 0 Å². The second kappa shape index (κ2) is 5.91. The summed E-state index contributed by atoms with van der Waals surface area (Å²) in [4.78, 5) is 0. The Morgan fingerprint density at radius 3 is 2.53 bits per heavy atom. The normalized spacial score (nSPS) is 12.2. The number of hydrogen-bond donors (Lipinski definition) is 1. The first-order valence-electron chi connectivity index (χ1n) is 5.76. The fourth-order valence-electron chi connectivity index (χ4n) is 1.39. The van der Waals surface area contributed by atoms with Gasteiger partial charge in [0.1, 0.15) is 0 Å². The molecular formula is C13H17ClN2O2S. The Balaban J connectivity index is 2.67. The van der Waals surface area contributed by atoms with Crippen LogP contribution >= 0.6 is 11.6 Å². The van der Waals surface area contributed by atoms with Gasteiger partial charge in [0.15, 0.2) is 9.84 Å². The number of nitrogens with one attached hydrogen (secondary N) is 1. The molecule has 0 spiro atoms. The fourth-order valence-corrected chi connectivity index (χ4v) is 2.00. The minimum atomic E-state index is -3.12. The predicted molar refractivity (Wildman–Crippen MR) is 76.8 cm³/mol. The smallest absolute Gasteiger partial charge is 0.153 e. The van der Waals surface area contributed by atoms with Crippen molar-refractivity contribution in [3.63, 3.8) is 0 Å². The Hall–Kier alpha value is -1.09. The number of nitrogens with zero attached hydrogens (tertiary/aromatic N) is 1. The molecule has 0 saturated carbocycles. The van der Waals surface area contributed by atoms with E-state index >= 15 is 0 Å². The Bertz CT molecular complexity index is 604. The van der Waals surface area contributed by atoms with Gasteiger partial charge in [0, 0.05) is 24.4 Å². The van der Waals surface area contributed by atoms with E-state index in [0.29, 0.717) is 23.7 Å². The van der Waals surface area contributed by atoms with Gasteiger partial charge >= 0.3 is 0 Å². The molecule has 0 fully saturated rings. The minimum Gasteiger partial charge on any atom is -0.311 e. The van der Waals surface area contributed by atoms with E-state index in [1.807, 2.05) is 6.07 Å². The van der Waals surface area contributed by atoms with Crippen molar-refractivity contribution in [1.29, 1.82) is 5.26 Å². The molecule has 1 N–H and O–H groups in total. The van der Waals surface area contributed by atoms with Crippen molar-refractivity contribution < 1.29 is 8.42 Å². The lowest BCUT2D eigenvalue weighted by Crippen LogP contribution is -2.41. The van der Waals surface area contributed by atoms with Gasteiger partial charge in [0.25, 0.3) is 0 Å². The molecule has 0 saturated heterocycles. The van der Waals surface area contributed by atoms with E-state index < -0.39 is 14.6 Å². The number of benzene rings is 1. The van der Waals surface area contributed by atoms with E-state index in [-0.39, 0.29) is 0 Å². The number of nitriles is 1. The maximum Gasteiger partial charge on any atom is 0.153 e. The van der Waals surface area contributed by atoms with Gasteiger partial charge in [-0.2, -0.15) is 5.26 Å². The standard InChI is InChI=1S/C13H17ClN2O2S/c1-13(2,19(3,17)18)9-16-8-11-5-4-10(7-15)6-12(11)14/h4-6,16H,8-9H2,1-3H3. The Morgan fingerprint density at radius 2 is 2.05 bits per heavy atom. The minimum absolute atomic E-state index is 0.335. The molecule has 4 nitrogen and oxygen atoms in total. The first-order chi connectivity index (χ1) is 8.67. The van der Waals surface area contributed by atoms with Crippen LogP contribution in [-0.2, 0) is 16.4 Å². The summed E-state index contributed by atoms with van der Waals surface area (Å²) in [5, 5.41) is 12.3. The molecule has 6 heteroatoms. The second-order valence-electron chi connectivity index (χ2n) is 5.05. The van der Waals surface area contributed by atoms with E-state index in [1.165, 1.54) is 6.26 Å². The van der Waals surface area contributed by atoms with Crippen LogP contribution in [0.15, 0.2) is 18.2 Å². The molecule has 0 unspecified atom stereocenters. The highest BCUT2D eigenvalue weighted by Crippen LogP contribution is 2.18. The zero-order valence-corrected chi connectivity index (χ0v) is 12.8. The molecular weight excluding hydrogens is 284 g/mol. The van der Waals surface area contributed by atoms with Crippen molar-refractivity contribution in [2.24, 2.45) is 0 Å². The highest BCUT2D eigenvalue weighted by atomic mass is 35.5. The van der Waals surface area contributed by atoms with E-state index in [1.54, 1.807) is 32.0 Å². The second-order valence-corrected chi connectivity index (χ2v) is 8.11. The molecule has 0 bridgehead atoms. The summed E-state index contributed by atoms with van der Waals surface area (Å²) in [7, 11) is -3.12. The van der Waals surface area contributed by atoms with Crippen molar-refractivity contribution in [2.45, 2.75) is 25.1 Å². The number of halogens is 1. The van der Waals surface area contributed by atoms with Gasteiger partial charge in [-0.25, -0.2) is 8.42 Å². The summed E-state index contributed by atoms with van der Waals surface area (Å²) in [6.45, 7) is 4.15. The summed E-state index contributed by atoms with van der Waals surface area (Å²) in [5.74, 6) is 0. The highest BCUT2D eigenvalue weighted by molar-refractivity contribution is 7.92. The van der Waals surface area contributed by atoms with Crippen LogP contribution in [0.1, 0.15) is 25.0 Å². The number of hydrogen-bond acceptors (Lipinski definition) is 4. The summed E-state index contributed by atoms with van der Waals surface area (Å²) in [6.07, 6.45) is 1.23. The van der Waals surface area contributed by atoms with Gasteiger partial charge in [-0.1, -0.05) is 17.7 Å². The van der Waals surface area contributed by atoms with Crippen LogP contribution in [0.4, 0.5) is 0 Å². The average Bonchev–Trinajstić information content (AvgIpc) is 2.29. The number of sulfone groups is 1. The van der Waals surface area contributed by atoms with E-state index in [2.05, 4.69) is 5.32 Å². The summed E-state index contributed by atoms with van der Waals surface area (Å²) >= 11 is 6.04. The monoisotopic (exact) mass is 300 g/mol. The molecule has 0 aliphatic carbocycles. The topological polar surface area (TPSA) is 70.0 Å². The number of rotatable bonds is 5. The zero-order valence-electron chi connectivity index (χ0n) is 11.2. The van der Waals surface area contributed by atoms with Crippen molar-refractivity contribution >= 4 is 21.4 Å². The maximum atomic E-state index is 11.5. The molecule has 0 aromatic heterocycles. The first-order valence-corrected chi connectivity index (χ1v) is 8.03. The molecule has 0 amide bonds. The maximum absolute atomic E-state index is 11.5. The average molecular weight is 301 g/mol. The van der Waals surface area contributed by atoms with Crippen LogP contribution in [0, 0.1) is 11.3 Å². The third-order valence-corrected chi connectivity index (χ3v) is 5.56. The van der Waals surface area contributed by atoms with Crippen molar-refractivity contribution in [2.75, 3.05) is 12.8 Å². The van der Waals surface area contributed by atoms with E-state index in [4.69, 9.17) is 16.9 Å². The van der Waals surface area contributed by atoms with Crippen molar-refractivity contribution in [3.8, 4) is 6.07 Å². The van der Waals surface area contributed by atoms with Crippen molar-refractivity contribution in [3.05, 3.63) is 34.3 Å². The lowest BCUT2D eigenvalue weighted by molar-refractivity contribution is 0.521. The van der Waals surface area contributed by atoms with Crippen LogP contribution in [0.2, 0.25) is 5.02 Å². The Morgan fingerprint density at radius 1 is 1.42 bits per heavy atom. The third kappa shape index (κ3) is 4.20. The molecule has 0 radical (unpaired) electrons. The lowest BCUT2D eigenvalue weighted by Gasteiger charge is -2.23. The first kappa shape index (κ1) is 16.0. The van der Waals surface area contributed by atoms with Crippen LogP contribution < -0.4 is 5.32 Å². The predicted octanol–water partition coefficient (Wildman–Crippen LogP) is 2.12. The summed E-state index contributed by atoms with van der Waals surface area (Å²) in [5.41, 5.74) is 1.34. The molecule has 0 aliphatic rings. The molecule has 0 aliphatic heterocycles. The van der Waals surface area contributed by atoms with Crippen molar-refractivity contribution in [1.82, 2.24) is 5.32 Å². The van der Waals surface area contributed by atoms with E-state index in [9.17, 15) is 8.42 Å². The van der Waals surface area contributed by atoms with Crippen LogP contribution in [0.25, 0.3) is 0 Å². The molecule has 104 valence electrons.